The lowest BCUT2D eigenvalue weighted by atomic mass is 10.1. The SMILES string of the molecule is O=C(Nc1cc(NCc2cn3cc(C4CC4)ccc3n2)ncn1)[C@H]1C[C@@H]1c1cc(Cl)ccc1[N+](=O)[O-]. The van der Waals surface area contributed by atoms with E-state index in [0.29, 0.717) is 41.1 Å². The van der Waals surface area contributed by atoms with Gasteiger partial charge in [0.25, 0.3) is 5.69 Å². The van der Waals surface area contributed by atoms with Crippen LogP contribution in [0.4, 0.5) is 17.3 Å². The fraction of sp³-hybridized carbons (Fsp3) is 0.280. The van der Waals surface area contributed by atoms with Gasteiger partial charge in [0.15, 0.2) is 0 Å². The smallest absolute Gasteiger partial charge is 0.272 e. The monoisotopic (exact) mass is 503 g/mol. The second-order valence-corrected chi connectivity index (χ2v) is 9.71. The van der Waals surface area contributed by atoms with Crippen molar-refractivity contribution in [2.45, 2.75) is 37.6 Å². The number of halogens is 1. The molecule has 11 heteroatoms. The number of nitro groups is 1. The molecular formula is C25H22ClN7O3. The molecule has 0 radical (unpaired) electrons. The summed E-state index contributed by atoms with van der Waals surface area (Å²) in [5, 5.41) is 17.8. The third kappa shape index (κ3) is 4.59. The van der Waals surface area contributed by atoms with Gasteiger partial charge in [-0.2, -0.15) is 0 Å². The molecule has 3 aromatic heterocycles. The van der Waals surface area contributed by atoms with Gasteiger partial charge < -0.3 is 15.0 Å². The van der Waals surface area contributed by atoms with E-state index in [0.717, 1.165) is 11.3 Å². The van der Waals surface area contributed by atoms with Crippen LogP contribution in [0.15, 0.2) is 55.1 Å². The predicted octanol–water partition coefficient (Wildman–Crippen LogP) is 4.92. The third-order valence-electron chi connectivity index (χ3n) is 6.65. The van der Waals surface area contributed by atoms with E-state index in [2.05, 4.69) is 37.8 Å². The largest absolute Gasteiger partial charge is 0.364 e. The van der Waals surface area contributed by atoms with E-state index in [-0.39, 0.29) is 23.4 Å². The molecule has 6 rings (SSSR count). The van der Waals surface area contributed by atoms with E-state index in [9.17, 15) is 14.9 Å². The Hall–Kier alpha value is -4.05. The molecular weight excluding hydrogens is 482 g/mol. The van der Waals surface area contributed by atoms with Gasteiger partial charge in [-0.15, -0.1) is 0 Å². The van der Waals surface area contributed by atoms with E-state index in [1.807, 2.05) is 16.7 Å². The molecule has 2 saturated carbocycles. The van der Waals surface area contributed by atoms with Crippen LogP contribution < -0.4 is 10.6 Å². The normalized spacial score (nSPS) is 18.7. The Morgan fingerprint density at radius 2 is 1.97 bits per heavy atom. The molecule has 4 aromatic rings. The molecule has 2 aliphatic rings. The fourth-order valence-electron chi connectivity index (χ4n) is 4.54. The number of nitrogens with one attached hydrogen (secondary N) is 2. The maximum absolute atomic E-state index is 12.8. The van der Waals surface area contributed by atoms with Gasteiger partial charge in [0.05, 0.1) is 17.2 Å². The summed E-state index contributed by atoms with van der Waals surface area (Å²) < 4.78 is 2.05. The van der Waals surface area contributed by atoms with Crippen LogP contribution in [0.5, 0.6) is 0 Å². The molecule has 2 fully saturated rings. The number of hydrogen-bond donors (Lipinski definition) is 2. The van der Waals surface area contributed by atoms with Crippen LogP contribution >= 0.6 is 11.6 Å². The molecule has 2 N–H and O–H groups in total. The van der Waals surface area contributed by atoms with Crippen molar-refractivity contribution in [2.24, 2.45) is 5.92 Å². The van der Waals surface area contributed by atoms with E-state index in [1.165, 1.54) is 36.9 Å². The first-order valence-corrected chi connectivity index (χ1v) is 12.1. The summed E-state index contributed by atoms with van der Waals surface area (Å²) in [6.45, 7) is 0.466. The van der Waals surface area contributed by atoms with Crippen molar-refractivity contribution in [3.8, 4) is 0 Å². The van der Waals surface area contributed by atoms with E-state index in [4.69, 9.17) is 11.6 Å². The lowest BCUT2D eigenvalue weighted by molar-refractivity contribution is -0.385. The number of aromatic nitrogens is 4. The van der Waals surface area contributed by atoms with Crippen LogP contribution in [-0.4, -0.2) is 30.2 Å². The maximum atomic E-state index is 12.8. The molecule has 0 bridgehead atoms. The van der Waals surface area contributed by atoms with E-state index < -0.39 is 4.92 Å². The summed E-state index contributed by atoms with van der Waals surface area (Å²) in [6, 6.07) is 10.3. The lowest BCUT2D eigenvalue weighted by Gasteiger charge is -2.07. The van der Waals surface area contributed by atoms with Gasteiger partial charge in [-0.3, -0.25) is 14.9 Å². The minimum atomic E-state index is -0.448. The number of imidazole rings is 1. The van der Waals surface area contributed by atoms with Gasteiger partial charge >= 0.3 is 0 Å². The highest BCUT2D eigenvalue weighted by Gasteiger charge is 2.47. The molecule has 36 heavy (non-hydrogen) atoms. The number of amides is 1. The number of hydrogen-bond acceptors (Lipinski definition) is 7. The number of fused-ring (bicyclic) bond motifs is 1. The molecule has 2 atom stereocenters. The first-order valence-electron chi connectivity index (χ1n) is 11.7. The topological polar surface area (TPSA) is 127 Å². The quantitative estimate of drug-likeness (QED) is 0.258. The fourth-order valence-corrected chi connectivity index (χ4v) is 4.72. The number of carbonyl (C=O) groups is 1. The summed E-state index contributed by atoms with van der Waals surface area (Å²) in [4.78, 5) is 36.7. The van der Waals surface area contributed by atoms with Crippen LogP contribution in [0.2, 0.25) is 5.02 Å². The first kappa shape index (κ1) is 22.4. The number of nitrogens with zero attached hydrogens (tertiary/aromatic N) is 5. The second-order valence-electron chi connectivity index (χ2n) is 9.27. The number of nitro benzene ring substituents is 1. The average Bonchev–Trinajstić information content (AvgIpc) is 3.78. The summed E-state index contributed by atoms with van der Waals surface area (Å²) in [6.07, 6.45) is 8.53. The van der Waals surface area contributed by atoms with Crippen molar-refractivity contribution in [1.29, 1.82) is 0 Å². The maximum Gasteiger partial charge on any atom is 0.272 e. The zero-order valence-corrected chi connectivity index (χ0v) is 19.9. The highest BCUT2D eigenvalue weighted by atomic mass is 35.5. The van der Waals surface area contributed by atoms with E-state index in [1.54, 1.807) is 12.1 Å². The molecule has 10 nitrogen and oxygen atoms in total. The zero-order valence-electron chi connectivity index (χ0n) is 19.1. The predicted molar refractivity (Wildman–Crippen MR) is 134 cm³/mol. The average molecular weight is 504 g/mol. The van der Waals surface area contributed by atoms with Gasteiger partial charge in [0, 0.05) is 46.9 Å². The first-order chi connectivity index (χ1) is 17.4. The molecule has 1 amide bonds. The van der Waals surface area contributed by atoms with Crippen LogP contribution in [-0.2, 0) is 11.3 Å². The Balaban J connectivity index is 1.09. The number of pyridine rings is 1. The van der Waals surface area contributed by atoms with Crippen molar-refractivity contribution >= 4 is 40.5 Å². The molecule has 1 aromatic carbocycles. The Kier molecular flexibility index (Phi) is 5.52. The number of benzene rings is 1. The second kappa shape index (κ2) is 8.87. The van der Waals surface area contributed by atoms with Crippen LogP contribution in [0.3, 0.4) is 0 Å². The lowest BCUT2D eigenvalue weighted by Crippen LogP contribution is -2.16. The Labute approximate surface area is 210 Å². The highest BCUT2D eigenvalue weighted by Crippen LogP contribution is 2.51. The molecule has 0 unspecified atom stereocenters. The van der Waals surface area contributed by atoms with Gasteiger partial charge in [0.1, 0.15) is 23.6 Å². The molecule has 0 spiro atoms. The Morgan fingerprint density at radius 3 is 2.78 bits per heavy atom. The van der Waals surface area contributed by atoms with Gasteiger partial charge in [-0.25, -0.2) is 15.0 Å². The molecule has 3 heterocycles. The zero-order chi connectivity index (χ0) is 24.8. The highest BCUT2D eigenvalue weighted by molar-refractivity contribution is 6.30. The minimum Gasteiger partial charge on any atom is -0.364 e. The standard InChI is InChI=1S/C25H22ClN7O3/c26-16-4-5-21(33(35)36)19(7-16)18-8-20(18)25(34)31-23-9-22(28-13-29-23)27-10-17-12-32-11-15(14-1-2-14)3-6-24(32)30-17/h3-7,9,11-14,18,20H,1-2,8,10H2,(H2,27,28,29,31,34)/t18-,20+/m1/s1. The summed E-state index contributed by atoms with van der Waals surface area (Å²) >= 11 is 6.03. The van der Waals surface area contributed by atoms with Gasteiger partial charge in [-0.1, -0.05) is 17.7 Å². The van der Waals surface area contributed by atoms with Gasteiger partial charge in [-0.05, 0) is 48.9 Å². The minimum absolute atomic E-state index is 0.0241. The van der Waals surface area contributed by atoms with Crippen molar-refractivity contribution in [3.05, 3.63) is 87.1 Å². The summed E-state index contributed by atoms with van der Waals surface area (Å²) in [5.74, 6) is 0.707. The van der Waals surface area contributed by atoms with Gasteiger partial charge in [0.2, 0.25) is 5.91 Å². The number of carbonyl (C=O) groups excluding carboxylic acids is 1. The third-order valence-corrected chi connectivity index (χ3v) is 6.89. The van der Waals surface area contributed by atoms with Crippen LogP contribution in [0.25, 0.3) is 5.65 Å². The van der Waals surface area contributed by atoms with Crippen molar-refractivity contribution in [1.82, 2.24) is 19.4 Å². The summed E-state index contributed by atoms with van der Waals surface area (Å²) in [5.41, 5.74) is 3.57. The number of rotatable bonds is 8. The Bertz CT molecular complexity index is 1500. The summed E-state index contributed by atoms with van der Waals surface area (Å²) in [7, 11) is 0. The van der Waals surface area contributed by atoms with Crippen LogP contribution in [0.1, 0.15) is 47.9 Å². The molecule has 0 saturated heterocycles. The molecule has 2 aliphatic carbocycles. The van der Waals surface area contributed by atoms with E-state index >= 15 is 0 Å². The van der Waals surface area contributed by atoms with Crippen molar-refractivity contribution < 1.29 is 9.72 Å². The number of anilines is 2. The Morgan fingerprint density at radius 1 is 1.14 bits per heavy atom. The van der Waals surface area contributed by atoms with Crippen LogP contribution in [0, 0.1) is 16.0 Å². The van der Waals surface area contributed by atoms with Crippen molar-refractivity contribution in [3.63, 3.8) is 0 Å². The molecule has 0 aliphatic heterocycles. The molecule has 182 valence electrons. The van der Waals surface area contributed by atoms with Crippen molar-refractivity contribution in [2.75, 3.05) is 10.6 Å².